The van der Waals surface area contributed by atoms with Crippen molar-refractivity contribution in [3.63, 3.8) is 0 Å². The van der Waals surface area contributed by atoms with Crippen LogP contribution in [0.5, 0.6) is 0 Å². The van der Waals surface area contributed by atoms with E-state index in [1.54, 1.807) is 6.07 Å². The summed E-state index contributed by atoms with van der Waals surface area (Å²) in [5.74, 6) is 0.582. The third-order valence-electron chi connectivity index (χ3n) is 3.89. The van der Waals surface area contributed by atoms with E-state index in [1.165, 1.54) is 16.4 Å². The summed E-state index contributed by atoms with van der Waals surface area (Å²) in [7, 11) is -1.63. The van der Waals surface area contributed by atoms with Crippen molar-refractivity contribution in [1.29, 1.82) is 0 Å². The minimum atomic E-state index is -3.56. The Bertz CT molecular complexity index is 585. The maximum atomic E-state index is 12.7. The summed E-state index contributed by atoms with van der Waals surface area (Å²) in [5.41, 5.74) is 0. The predicted molar refractivity (Wildman–Crippen MR) is 86.5 cm³/mol. The fourth-order valence-electron chi connectivity index (χ4n) is 2.60. The summed E-state index contributed by atoms with van der Waals surface area (Å²) >= 11 is 11.9. The van der Waals surface area contributed by atoms with Crippen molar-refractivity contribution in [1.82, 2.24) is 9.62 Å². The Hall–Kier alpha value is -0.330. The molecule has 2 rings (SSSR count). The lowest BCUT2D eigenvalue weighted by molar-refractivity contribution is 0.263. The van der Waals surface area contributed by atoms with Gasteiger partial charge >= 0.3 is 0 Å². The highest BCUT2D eigenvalue weighted by Crippen LogP contribution is 2.30. The number of nitrogens with zero attached hydrogens (tertiary/aromatic N) is 1. The minimum absolute atomic E-state index is 0.102. The van der Waals surface area contributed by atoms with Crippen LogP contribution in [0.3, 0.4) is 0 Å². The molecule has 1 saturated heterocycles. The molecule has 0 radical (unpaired) electrons. The molecular weight excluding hydrogens is 331 g/mol. The molecule has 1 heterocycles. The van der Waals surface area contributed by atoms with Crippen LogP contribution in [-0.2, 0) is 10.0 Å². The van der Waals surface area contributed by atoms with Crippen molar-refractivity contribution in [3.05, 3.63) is 28.2 Å². The van der Waals surface area contributed by atoms with Crippen LogP contribution >= 0.6 is 23.2 Å². The van der Waals surface area contributed by atoms with E-state index in [0.29, 0.717) is 24.0 Å². The lowest BCUT2D eigenvalue weighted by atomic mass is 9.95. The second-order valence-corrected chi connectivity index (χ2v) is 8.06. The summed E-state index contributed by atoms with van der Waals surface area (Å²) in [6.07, 6.45) is 2.86. The van der Waals surface area contributed by atoms with Gasteiger partial charge in [-0.1, -0.05) is 23.2 Å². The Morgan fingerprint density at radius 2 is 1.95 bits per heavy atom. The summed E-state index contributed by atoms with van der Waals surface area (Å²) < 4.78 is 26.8. The zero-order valence-electron chi connectivity index (χ0n) is 12.0. The molecule has 0 saturated carbocycles. The summed E-state index contributed by atoms with van der Waals surface area (Å²) in [6.45, 7) is 2.05. The van der Waals surface area contributed by atoms with Crippen LogP contribution in [0.4, 0.5) is 0 Å². The topological polar surface area (TPSA) is 49.4 Å². The fourth-order valence-corrected chi connectivity index (χ4v) is 4.81. The average Bonchev–Trinajstić information content (AvgIpc) is 2.48. The monoisotopic (exact) mass is 350 g/mol. The molecule has 118 valence electrons. The maximum absolute atomic E-state index is 12.7. The number of halogens is 2. The van der Waals surface area contributed by atoms with Gasteiger partial charge in [-0.2, -0.15) is 4.31 Å². The number of rotatable bonds is 5. The number of piperidine rings is 1. The van der Waals surface area contributed by atoms with E-state index < -0.39 is 10.0 Å². The number of sulfonamides is 1. The first kappa shape index (κ1) is 17.0. The van der Waals surface area contributed by atoms with Gasteiger partial charge in [0.05, 0.1) is 5.02 Å². The molecule has 1 aliphatic heterocycles. The van der Waals surface area contributed by atoms with Gasteiger partial charge in [-0.25, -0.2) is 8.42 Å². The Morgan fingerprint density at radius 3 is 2.57 bits per heavy atom. The minimum Gasteiger partial charge on any atom is -0.320 e. The number of hydrogen-bond donors (Lipinski definition) is 1. The van der Waals surface area contributed by atoms with Gasteiger partial charge in [-0.3, -0.25) is 0 Å². The summed E-state index contributed by atoms with van der Waals surface area (Å²) in [6, 6.07) is 4.54. The first-order valence-corrected chi connectivity index (χ1v) is 9.24. The van der Waals surface area contributed by atoms with Crippen LogP contribution in [0.1, 0.15) is 19.3 Å². The molecule has 1 N–H and O–H groups in total. The van der Waals surface area contributed by atoms with E-state index in [9.17, 15) is 8.42 Å². The van der Waals surface area contributed by atoms with Gasteiger partial charge in [0.1, 0.15) is 4.90 Å². The van der Waals surface area contributed by atoms with Crippen LogP contribution in [0.25, 0.3) is 0 Å². The van der Waals surface area contributed by atoms with Crippen LogP contribution in [0.2, 0.25) is 10.0 Å². The van der Waals surface area contributed by atoms with Gasteiger partial charge in [-0.15, -0.1) is 0 Å². The van der Waals surface area contributed by atoms with Gasteiger partial charge in [0.25, 0.3) is 0 Å². The van der Waals surface area contributed by atoms with Gasteiger partial charge < -0.3 is 5.32 Å². The molecule has 0 atom stereocenters. The fraction of sp³-hybridized carbons (Fsp3) is 0.571. The second kappa shape index (κ2) is 7.29. The van der Waals surface area contributed by atoms with E-state index in [-0.39, 0.29) is 9.92 Å². The summed E-state index contributed by atoms with van der Waals surface area (Å²) in [4.78, 5) is 0.102. The van der Waals surface area contributed by atoms with Crippen LogP contribution in [0.15, 0.2) is 23.1 Å². The highest BCUT2D eigenvalue weighted by Gasteiger charge is 2.30. The normalized spacial score (nSPS) is 18.0. The lowest BCUT2D eigenvalue weighted by Crippen LogP contribution is -2.39. The standard InChI is InChI=1S/C14H20Cl2N2O2S/c1-17-7-4-11-5-8-18(9-6-11)21(19,20)14-10-12(15)2-3-13(14)16/h2-3,10-11,17H,4-9H2,1H3. The van der Waals surface area contributed by atoms with Crippen molar-refractivity contribution in [2.75, 3.05) is 26.7 Å². The Balaban J connectivity index is 2.10. The number of nitrogens with one attached hydrogen (secondary N) is 1. The van der Waals surface area contributed by atoms with Gasteiger partial charge in [-0.05, 0) is 57.0 Å². The smallest absolute Gasteiger partial charge is 0.244 e. The first-order chi connectivity index (χ1) is 9.95. The van der Waals surface area contributed by atoms with Crippen LogP contribution in [-0.4, -0.2) is 39.4 Å². The van der Waals surface area contributed by atoms with Crippen molar-refractivity contribution in [3.8, 4) is 0 Å². The largest absolute Gasteiger partial charge is 0.320 e. The Kier molecular flexibility index (Phi) is 5.91. The van der Waals surface area contributed by atoms with Crippen molar-refractivity contribution in [2.24, 2.45) is 5.92 Å². The van der Waals surface area contributed by atoms with Crippen molar-refractivity contribution >= 4 is 33.2 Å². The van der Waals surface area contributed by atoms with E-state index >= 15 is 0 Å². The number of benzene rings is 1. The third-order valence-corrected chi connectivity index (χ3v) is 6.50. The van der Waals surface area contributed by atoms with E-state index in [4.69, 9.17) is 23.2 Å². The zero-order chi connectivity index (χ0) is 15.5. The molecule has 4 nitrogen and oxygen atoms in total. The quantitative estimate of drug-likeness (QED) is 0.887. The average molecular weight is 351 g/mol. The zero-order valence-corrected chi connectivity index (χ0v) is 14.3. The molecule has 0 aliphatic carbocycles. The molecule has 1 aromatic rings. The summed E-state index contributed by atoms with van der Waals surface area (Å²) in [5, 5.41) is 3.73. The second-order valence-electron chi connectivity index (χ2n) is 5.31. The number of hydrogen-bond acceptors (Lipinski definition) is 3. The van der Waals surface area contributed by atoms with Crippen molar-refractivity contribution in [2.45, 2.75) is 24.2 Å². The maximum Gasteiger partial charge on any atom is 0.244 e. The Labute approximate surface area is 136 Å². The van der Waals surface area contributed by atoms with Gasteiger partial charge in [0.15, 0.2) is 0 Å². The van der Waals surface area contributed by atoms with E-state index in [0.717, 1.165) is 25.8 Å². The SMILES string of the molecule is CNCCC1CCN(S(=O)(=O)c2cc(Cl)ccc2Cl)CC1. The van der Waals surface area contributed by atoms with E-state index in [1.807, 2.05) is 7.05 Å². The molecule has 0 spiro atoms. The van der Waals surface area contributed by atoms with Crippen molar-refractivity contribution < 1.29 is 8.42 Å². The predicted octanol–water partition coefficient (Wildman–Crippen LogP) is 3.00. The molecule has 1 aromatic carbocycles. The molecule has 0 aromatic heterocycles. The molecule has 0 unspecified atom stereocenters. The molecule has 0 amide bonds. The van der Waals surface area contributed by atoms with Crippen LogP contribution in [0, 0.1) is 5.92 Å². The highest BCUT2D eigenvalue weighted by molar-refractivity contribution is 7.89. The van der Waals surface area contributed by atoms with Gasteiger partial charge in [0, 0.05) is 18.1 Å². The molecule has 21 heavy (non-hydrogen) atoms. The first-order valence-electron chi connectivity index (χ1n) is 7.05. The molecule has 1 aliphatic rings. The van der Waals surface area contributed by atoms with Crippen LogP contribution < -0.4 is 5.32 Å². The van der Waals surface area contributed by atoms with E-state index in [2.05, 4.69) is 5.32 Å². The molecule has 7 heteroatoms. The lowest BCUT2D eigenvalue weighted by Gasteiger charge is -2.31. The molecule has 0 bridgehead atoms. The highest BCUT2D eigenvalue weighted by atomic mass is 35.5. The Morgan fingerprint density at radius 1 is 1.29 bits per heavy atom. The van der Waals surface area contributed by atoms with Gasteiger partial charge in [0.2, 0.25) is 10.0 Å². The third kappa shape index (κ3) is 4.11. The molecular formula is C14H20Cl2N2O2S. The molecule has 1 fully saturated rings.